The van der Waals surface area contributed by atoms with Crippen molar-refractivity contribution in [2.24, 2.45) is 0 Å². The number of hydrogen-bond donors (Lipinski definition) is 1. The molecule has 0 bridgehead atoms. The van der Waals surface area contributed by atoms with E-state index in [1.807, 2.05) is 6.08 Å². The van der Waals surface area contributed by atoms with Gasteiger partial charge in [-0.25, -0.2) is 9.18 Å². The molecule has 1 fully saturated rings. The molecule has 1 saturated heterocycles. The maximum atomic E-state index is 14.7. The Bertz CT molecular complexity index is 822. The van der Waals surface area contributed by atoms with Crippen LogP contribution in [0.1, 0.15) is 12.0 Å². The average molecular weight is 359 g/mol. The molecule has 3 heterocycles. The van der Waals surface area contributed by atoms with Crippen LogP contribution in [0.2, 0.25) is 0 Å². The lowest BCUT2D eigenvalue weighted by atomic mass is 10.0. The standard InChI is InChI=1S/C18H18FN3O4/c19-16-9-13(1-2-15(16)12-3-6-24-7-4-12)22-14(11-25-18(22)23)10-20-17-5-8-26-21-17/h1-3,5,8-9,14H,4,6-7,10-11H2,(H,20,21)/t14-/m0/s1. The molecule has 7 nitrogen and oxygen atoms in total. The molecule has 1 aromatic carbocycles. The first-order valence-corrected chi connectivity index (χ1v) is 8.39. The number of cyclic esters (lactones) is 1. The lowest BCUT2D eigenvalue weighted by Crippen LogP contribution is -2.38. The van der Waals surface area contributed by atoms with Crippen molar-refractivity contribution in [3.05, 3.63) is 48.0 Å². The molecule has 2 aliphatic rings. The minimum atomic E-state index is -0.491. The van der Waals surface area contributed by atoms with Gasteiger partial charge in [0.1, 0.15) is 18.7 Å². The van der Waals surface area contributed by atoms with Gasteiger partial charge >= 0.3 is 6.09 Å². The molecule has 1 atom stereocenters. The van der Waals surface area contributed by atoms with Crippen LogP contribution < -0.4 is 10.2 Å². The lowest BCUT2D eigenvalue weighted by molar-refractivity contribution is 0.161. The number of rotatable bonds is 5. The monoisotopic (exact) mass is 359 g/mol. The summed E-state index contributed by atoms with van der Waals surface area (Å²) in [6, 6.07) is 6.23. The Hall–Kier alpha value is -2.87. The number of anilines is 2. The van der Waals surface area contributed by atoms with Crippen LogP contribution >= 0.6 is 0 Å². The van der Waals surface area contributed by atoms with E-state index in [2.05, 4.69) is 10.5 Å². The molecule has 0 spiro atoms. The average Bonchev–Trinajstić information content (AvgIpc) is 3.30. The maximum Gasteiger partial charge on any atom is 0.414 e. The predicted molar refractivity (Wildman–Crippen MR) is 92.4 cm³/mol. The van der Waals surface area contributed by atoms with Crippen LogP contribution in [-0.2, 0) is 9.47 Å². The molecule has 1 N–H and O–H groups in total. The van der Waals surface area contributed by atoms with E-state index in [0.717, 1.165) is 5.57 Å². The van der Waals surface area contributed by atoms with Gasteiger partial charge in [-0.3, -0.25) is 4.90 Å². The van der Waals surface area contributed by atoms with Crippen molar-refractivity contribution in [1.29, 1.82) is 0 Å². The Morgan fingerprint density at radius 2 is 2.27 bits per heavy atom. The summed E-state index contributed by atoms with van der Waals surface area (Å²) in [6.45, 7) is 1.70. The molecule has 0 saturated carbocycles. The van der Waals surface area contributed by atoms with Crippen LogP contribution in [0, 0.1) is 5.82 Å². The highest BCUT2D eigenvalue weighted by atomic mass is 19.1. The Kier molecular flexibility index (Phi) is 4.57. The Morgan fingerprint density at radius 1 is 1.35 bits per heavy atom. The van der Waals surface area contributed by atoms with Crippen molar-refractivity contribution in [2.75, 3.05) is 36.6 Å². The highest BCUT2D eigenvalue weighted by Crippen LogP contribution is 2.30. The van der Waals surface area contributed by atoms with E-state index in [1.165, 1.54) is 17.2 Å². The van der Waals surface area contributed by atoms with Crippen LogP contribution in [0.15, 0.2) is 41.1 Å². The fourth-order valence-corrected chi connectivity index (χ4v) is 3.14. The third kappa shape index (κ3) is 3.28. The molecule has 8 heteroatoms. The summed E-state index contributed by atoms with van der Waals surface area (Å²) >= 11 is 0. The van der Waals surface area contributed by atoms with Gasteiger partial charge in [0.15, 0.2) is 5.82 Å². The zero-order chi connectivity index (χ0) is 17.9. The van der Waals surface area contributed by atoms with Crippen molar-refractivity contribution < 1.29 is 23.2 Å². The van der Waals surface area contributed by atoms with Gasteiger partial charge in [-0.05, 0) is 30.2 Å². The normalized spacial score (nSPS) is 20.0. The molecule has 0 radical (unpaired) electrons. The molecule has 1 amide bonds. The van der Waals surface area contributed by atoms with Crippen molar-refractivity contribution in [1.82, 2.24) is 5.16 Å². The highest BCUT2D eigenvalue weighted by Gasteiger charge is 2.34. The number of hydrogen-bond acceptors (Lipinski definition) is 6. The number of aromatic nitrogens is 1. The fraction of sp³-hybridized carbons (Fsp3) is 0.333. The van der Waals surface area contributed by atoms with Crippen LogP contribution in [0.3, 0.4) is 0 Å². The molecule has 2 aliphatic heterocycles. The number of carbonyl (C=O) groups excluding carboxylic acids is 1. The van der Waals surface area contributed by atoms with E-state index in [0.29, 0.717) is 43.2 Å². The number of amides is 1. The van der Waals surface area contributed by atoms with Gasteiger partial charge in [-0.15, -0.1) is 0 Å². The van der Waals surface area contributed by atoms with Gasteiger partial charge in [0.25, 0.3) is 0 Å². The van der Waals surface area contributed by atoms with E-state index in [9.17, 15) is 9.18 Å². The maximum absolute atomic E-state index is 14.7. The summed E-state index contributed by atoms with van der Waals surface area (Å²) in [6.07, 6.45) is 3.52. The second-order valence-electron chi connectivity index (χ2n) is 6.08. The van der Waals surface area contributed by atoms with E-state index >= 15 is 0 Å². The topological polar surface area (TPSA) is 76.8 Å². The molecular weight excluding hydrogens is 341 g/mol. The van der Waals surface area contributed by atoms with Crippen LogP contribution in [0.25, 0.3) is 5.57 Å². The summed E-state index contributed by atoms with van der Waals surface area (Å²) in [5, 5.41) is 6.83. The van der Waals surface area contributed by atoms with Gasteiger partial charge in [0.2, 0.25) is 0 Å². The number of nitrogens with zero attached hydrogens (tertiary/aromatic N) is 2. The third-order valence-corrected chi connectivity index (χ3v) is 4.46. The Labute approximate surface area is 149 Å². The van der Waals surface area contributed by atoms with E-state index in [4.69, 9.17) is 14.0 Å². The van der Waals surface area contributed by atoms with Crippen molar-refractivity contribution in [3.8, 4) is 0 Å². The minimum Gasteiger partial charge on any atom is -0.447 e. The second kappa shape index (κ2) is 7.17. The molecule has 2 aromatic rings. The smallest absolute Gasteiger partial charge is 0.414 e. The van der Waals surface area contributed by atoms with Gasteiger partial charge in [-0.2, -0.15) is 0 Å². The predicted octanol–water partition coefficient (Wildman–Crippen LogP) is 3.05. The number of carbonyl (C=O) groups is 1. The Morgan fingerprint density at radius 3 is 3.00 bits per heavy atom. The Balaban J connectivity index is 1.53. The zero-order valence-electron chi connectivity index (χ0n) is 14.0. The van der Waals surface area contributed by atoms with Gasteiger partial charge < -0.3 is 19.3 Å². The van der Waals surface area contributed by atoms with Crippen LogP contribution in [0.4, 0.5) is 20.7 Å². The summed E-state index contributed by atoms with van der Waals surface area (Å²) in [5.74, 6) is 0.204. The van der Waals surface area contributed by atoms with Crippen LogP contribution in [-0.4, -0.2) is 43.7 Å². The molecular formula is C18H18FN3O4. The first-order valence-electron chi connectivity index (χ1n) is 8.39. The van der Waals surface area contributed by atoms with E-state index in [1.54, 1.807) is 18.2 Å². The minimum absolute atomic E-state index is 0.218. The third-order valence-electron chi connectivity index (χ3n) is 4.46. The molecule has 4 rings (SSSR count). The number of ether oxygens (including phenoxy) is 2. The summed E-state index contributed by atoms with van der Waals surface area (Å²) in [7, 11) is 0. The first kappa shape index (κ1) is 16.6. The molecule has 1 aromatic heterocycles. The van der Waals surface area contributed by atoms with Crippen molar-refractivity contribution in [2.45, 2.75) is 12.5 Å². The van der Waals surface area contributed by atoms with Gasteiger partial charge in [0.05, 0.1) is 24.9 Å². The van der Waals surface area contributed by atoms with Gasteiger partial charge in [-0.1, -0.05) is 11.2 Å². The van der Waals surface area contributed by atoms with Crippen molar-refractivity contribution >= 4 is 23.2 Å². The molecule has 0 aliphatic carbocycles. The SMILES string of the molecule is O=C1OC[C@H](CNc2ccon2)N1c1ccc(C2=CCOCC2)c(F)c1. The zero-order valence-corrected chi connectivity index (χ0v) is 14.0. The molecule has 136 valence electrons. The summed E-state index contributed by atoms with van der Waals surface area (Å²) in [4.78, 5) is 13.6. The second-order valence-corrected chi connectivity index (χ2v) is 6.08. The van der Waals surface area contributed by atoms with E-state index < -0.39 is 6.09 Å². The van der Waals surface area contributed by atoms with E-state index in [-0.39, 0.29) is 18.5 Å². The molecule has 26 heavy (non-hydrogen) atoms. The van der Waals surface area contributed by atoms with Gasteiger partial charge in [0, 0.05) is 18.2 Å². The number of benzene rings is 1. The largest absolute Gasteiger partial charge is 0.447 e. The highest BCUT2D eigenvalue weighted by molar-refractivity contribution is 5.90. The van der Waals surface area contributed by atoms with Crippen molar-refractivity contribution in [3.63, 3.8) is 0 Å². The fourth-order valence-electron chi connectivity index (χ4n) is 3.14. The quantitative estimate of drug-likeness (QED) is 0.884. The summed E-state index contributed by atoms with van der Waals surface area (Å²) < 4.78 is 29.8. The lowest BCUT2D eigenvalue weighted by Gasteiger charge is -2.22. The van der Waals surface area contributed by atoms with Crippen LogP contribution in [0.5, 0.6) is 0 Å². The first-order chi connectivity index (χ1) is 12.7. The summed E-state index contributed by atoms with van der Waals surface area (Å²) in [5.41, 5.74) is 1.93. The number of nitrogens with one attached hydrogen (secondary N) is 1. The number of halogens is 1. The molecule has 0 unspecified atom stereocenters.